The summed E-state index contributed by atoms with van der Waals surface area (Å²) in [5.74, 6) is 1.97. The van der Waals surface area contributed by atoms with Crippen molar-refractivity contribution in [1.82, 2.24) is 5.32 Å². The molecule has 3 aromatic rings. The highest BCUT2D eigenvalue weighted by Crippen LogP contribution is 2.63. The fourth-order valence-electron chi connectivity index (χ4n) is 6.96. The van der Waals surface area contributed by atoms with Crippen molar-refractivity contribution < 1.29 is 14.3 Å². The van der Waals surface area contributed by atoms with E-state index in [1.54, 1.807) is 25.3 Å². The van der Waals surface area contributed by atoms with Gasteiger partial charge in [-0.25, -0.2) is 0 Å². The zero-order chi connectivity index (χ0) is 25.4. The summed E-state index contributed by atoms with van der Waals surface area (Å²) < 4.78 is 5.02. The molecule has 2 amide bonds. The lowest BCUT2D eigenvalue weighted by atomic mass is 9.68. The van der Waals surface area contributed by atoms with Crippen LogP contribution < -0.4 is 16.0 Å². The van der Waals surface area contributed by atoms with Crippen LogP contribution in [0.4, 0.5) is 11.4 Å². The van der Waals surface area contributed by atoms with Crippen molar-refractivity contribution in [2.75, 3.05) is 30.9 Å². The lowest BCUT2D eigenvalue weighted by molar-refractivity contribution is 0.0938. The molecule has 5 atom stereocenters. The summed E-state index contributed by atoms with van der Waals surface area (Å²) in [6, 6.07) is 24.2. The lowest BCUT2D eigenvalue weighted by Gasteiger charge is -2.43. The van der Waals surface area contributed by atoms with Crippen LogP contribution in [0.1, 0.15) is 63.1 Å². The number of ether oxygens (including phenoxy) is 1. The minimum atomic E-state index is -0.237. The van der Waals surface area contributed by atoms with E-state index >= 15 is 0 Å². The number of hydrogen-bond acceptors (Lipinski definition) is 4. The van der Waals surface area contributed by atoms with E-state index in [9.17, 15) is 9.59 Å². The summed E-state index contributed by atoms with van der Waals surface area (Å²) in [6.07, 6.45) is 3.85. The Balaban J connectivity index is 1.27. The Bertz CT molecular complexity index is 1310. The summed E-state index contributed by atoms with van der Waals surface area (Å²) in [5, 5.41) is 9.65. The highest BCUT2D eigenvalue weighted by Gasteiger charge is 2.53. The van der Waals surface area contributed by atoms with E-state index in [0.717, 1.165) is 11.6 Å². The minimum absolute atomic E-state index is 0.204. The number of hydrogen-bond donors (Lipinski definition) is 3. The maximum atomic E-state index is 13.4. The molecule has 0 saturated heterocycles. The maximum absolute atomic E-state index is 13.4. The number of nitrogens with one attached hydrogen (secondary N) is 3. The first-order valence-corrected chi connectivity index (χ1v) is 13.3. The molecule has 1 heterocycles. The fraction of sp³-hybridized carbons (Fsp3) is 0.355. The number of benzene rings is 3. The number of fused-ring (bicyclic) bond motifs is 7. The third-order valence-corrected chi connectivity index (χ3v) is 8.52. The lowest BCUT2D eigenvalue weighted by Crippen LogP contribution is -2.35. The average molecular weight is 496 g/mol. The van der Waals surface area contributed by atoms with Gasteiger partial charge >= 0.3 is 0 Å². The van der Waals surface area contributed by atoms with Crippen LogP contribution in [0.15, 0.2) is 72.8 Å². The van der Waals surface area contributed by atoms with Gasteiger partial charge in [0.1, 0.15) is 0 Å². The van der Waals surface area contributed by atoms with Crippen LogP contribution in [0.2, 0.25) is 0 Å². The zero-order valence-electron chi connectivity index (χ0n) is 21.1. The van der Waals surface area contributed by atoms with Crippen molar-refractivity contribution in [2.45, 2.75) is 31.2 Å². The molecule has 0 radical (unpaired) electrons. The summed E-state index contributed by atoms with van der Waals surface area (Å²) in [5.41, 5.74) is 5.30. The van der Waals surface area contributed by atoms with E-state index < -0.39 is 0 Å². The van der Waals surface area contributed by atoms with Gasteiger partial charge in [-0.1, -0.05) is 42.5 Å². The third kappa shape index (κ3) is 4.40. The predicted octanol–water partition coefficient (Wildman–Crippen LogP) is 5.61. The normalized spacial score (nSPS) is 25.1. The number of methoxy groups -OCH3 is 1. The monoisotopic (exact) mass is 495 g/mol. The summed E-state index contributed by atoms with van der Waals surface area (Å²) in [6.45, 7) is 0.836. The Kier molecular flexibility index (Phi) is 6.43. The second-order valence-electron chi connectivity index (χ2n) is 10.5. The van der Waals surface area contributed by atoms with Crippen LogP contribution in [0, 0.1) is 17.8 Å². The van der Waals surface area contributed by atoms with E-state index in [-0.39, 0.29) is 11.8 Å². The Labute approximate surface area is 217 Å². The molecular formula is C31H33N3O3. The molecule has 6 heteroatoms. The molecule has 6 nitrogen and oxygen atoms in total. The van der Waals surface area contributed by atoms with Gasteiger partial charge in [-0.2, -0.15) is 0 Å². The van der Waals surface area contributed by atoms with Crippen molar-refractivity contribution in [3.63, 3.8) is 0 Å². The second-order valence-corrected chi connectivity index (χ2v) is 10.5. The van der Waals surface area contributed by atoms with Crippen LogP contribution >= 0.6 is 0 Å². The molecule has 2 saturated carbocycles. The number of para-hydroxylation sites is 1. The van der Waals surface area contributed by atoms with Crippen LogP contribution in [-0.2, 0) is 4.74 Å². The molecule has 2 bridgehead atoms. The molecule has 3 aliphatic rings. The topological polar surface area (TPSA) is 79.5 Å². The minimum Gasteiger partial charge on any atom is -0.383 e. The van der Waals surface area contributed by atoms with Crippen LogP contribution in [0.3, 0.4) is 0 Å². The summed E-state index contributed by atoms with van der Waals surface area (Å²) in [7, 11) is 1.59. The van der Waals surface area contributed by atoms with E-state index in [0.29, 0.717) is 53.8 Å². The molecule has 0 spiro atoms. The molecule has 0 aromatic heterocycles. The SMILES string of the molecule is COCCNC(=O)c1ccccc1NC(=O)c1ccc2c(c1)[C@H]1[C@H]3CC[C@@H](C3)[C@@H]1[C@@H](c1ccccc1)N2. The first kappa shape index (κ1) is 23.7. The molecule has 190 valence electrons. The van der Waals surface area contributed by atoms with E-state index in [2.05, 4.69) is 58.4 Å². The van der Waals surface area contributed by atoms with Crippen LogP contribution in [0.5, 0.6) is 0 Å². The average Bonchev–Trinajstić information content (AvgIpc) is 3.56. The molecule has 3 N–H and O–H groups in total. The fourth-order valence-corrected chi connectivity index (χ4v) is 6.96. The van der Waals surface area contributed by atoms with Gasteiger partial charge in [0.2, 0.25) is 0 Å². The van der Waals surface area contributed by atoms with Gasteiger partial charge < -0.3 is 20.7 Å². The number of amides is 2. The van der Waals surface area contributed by atoms with E-state index in [1.807, 2.05) is 12.1 Å². The molecule has 2 fully saturated rings. The third-order valence-electron chi connectivity index (χ3n) is 8.52. The van der Waals surface area contributed by atoms with Gasteiger partial charge in [0.05, 0.1) is 23.9 Å². The molecule has 0 unspecified atom stereocenters. The smallest absolute Gasteiger partial charge is 0.255 e. The maximum Gasteiger partial charge on any atom is 0.255 e. The predicted molar refractivity (Wildman–Crippen MR) is 145 cm³/mol. The van der Waals surface area contributed by atoms with Crippen LogP contribution in [0.25, 0.3) is 0 Å². The molecule has 6 rings (SSSR count). The Morgan fingerprint density at radius 2 is 1.73 bits per heavy atom. The first-order chi connectivity index (χ1) is 18.1. The quantitative estimate of drug-likeness (QED) is 0.372. The molecule has 1 aliphatic heterocycles. The molecular weight excluding hydrogens is 462 g/mol. The standard InChI is InChI=1S/C31H33N3O3/c1-37-16-15-32-31(36)23-9-5-6-10-25(23)34-30(35)22-13-14-26-24(18-22)27-20-11-12-21(17-20)28(27)29(33-26)19-7-3-2-4-8-19/h2-10,13-14,18,20-21,27-29,33H,11-12,15-17H2,1H3,(H,32,36)(H,34,35)/t20-,21-,27+,28-,29+/m0/s1. The van der Waals surface area contributed by atoms with E-state index in [1.165, 1.54) is 30.4 Å². The van der Waals surface area contributed by atoms with Crippen molar-refractivity contribution in [2.24, 2.45) is 17.8 Å². The van der Waals surface area contributed by atoms with Gasteiger partial charge in [-0.05, 0) is 84.4 Å². The van der Waals surface area contributed by atoms with Gasteiger partial charge in [0.15, 0.2) is 0 Å². The summed E-state index contributed by atoms with van der Waals surface area (Å²) >= 11 is 0. The molecule has 37 heavy (non-hydrogen) atoms. The molecule has 2 aliphatic carbocycles. The Hall–Kier alpha value is -3.64. The summed E-state index contributed by atoms with van der Waals surface area (Å²) in [4.78, 5) is 26.1. The molecule has 3 aromatic carbocycles. The largest absolute Gasteiger partial charge is 0.383 e. The number of carbonyl (C=O) groups is 2. The van der Waals surface area contributed by atoms with Gasteiger partial charge in [-0.15, -0.1) is 0 Å². The highest BCUT2D eigenvalue weighted by molar-refractivity contribution is 6.09. The number of carbonyl (C=O) groups excluding carboxylic acids is 2. The Morgan fingerprint density at radius 3 is 2.57 bits per heavy atom. The van der Waals surface area contributed by atoms with Crippen molar-refractivity contribution >= 4 is 23.2 Å². The van der Waals surface area contributed by atoms with Crippen molar-refractivity contribution in [3.05, 3.63) is 95.1 Å². The highest BCUT2D eigenvalue weighted by atomic mass is 16.5. The zero-order valence-corrected chi connectivity index (χ0v) is 21.1. The van der Waals surface area contributed by atoms with E-state index in [4.69, 9.17) is 4.74 Å². The Morgan fingerprint density at radius 1 is 0.946 bits per heavy atom. The number of rotatable bonds is 7. The van der Waals surface area contributed by atoms with Crippen molar-refractivity contribution in [3.8, 4) is 0 Å². The van der Waals surface area contributed by atoms with Gasteiger partial charge in [0, 0.05) is 24.9 Å². The van der Waals surface area contributed by atoms with Crippen molar-refractivity contribution in [1.29, 1.82) is 0 Å². The van der Waals surface area contributed by atoms with Crippen LogP contribution in [-0.4, -0.2) is 32.1 Å². The van der Waals surface area contributed by atoms with Gasteiger partial charge in [-0.3, -0.25) is 9.59 Å². The van der Waals surface area contributed by atoms with Gasteiger partial charge in [0.25, 0.3) is 11.8 Å². The second kappa shape index (κ2) is 10.0. The number of anilines is 2. The first-order valence-electron chi connectivity index (χ1n) is 13.3.